The van der Waals surface area contributed by atoms with E-state index >= 15 is 0 Å². The maximum Gasteiger partial charge on any atom is 0.191 e. The topological polar surface area (TPSA) is 54.2 Å². The summed E-state index contributed by atoms with van der Waals surface area (Å²) in [5.74, 6) is 0.858. The monoisotopic (exact) mass is 437 g/mol. The molecule has 0 radical (unpaired) electrons. The van der Waals surface area contributed by atoms with Crippen LogP contribution in [0, 0.1) is 0 Å². The Kier molecular flexibility index (Phi) is 7.30. The first kappa shape index (κ1) is 18.5. The lowest BCUT2D eigenvalue weighted by Crippen LogP contribution is -2.42. The van der Waals surface area contributed by atoms with Gasteiger partial charge in [0.1, 0.15) is 0 Å². The molecular formula is C18H24IN5. The van der Waals surface area contributed by atoms with Gasteiger partial charge >= 0.3 is 0 Å². The first-order valence-electron chi connectivity index (χ1n) is 8.01. The second-order valence-corrected chi connectivity index (χ2v) is 5.73. The quantitative estimate of drug-likeness (QED) is 0.328. The van der Waals surface area contributed by atoms with Crippen molar-refractivity contribution >= 4 is 29.9 Å². The van der Waals surface area contributed by atoms with E-state index in [2.05, 4.69) is 57.1 Å². The number of hydrogen-bond donors (Lipinski definition) is 2. The lowest BCUT2D eigenvalue weighted by atomic mass is 10.1. The van der Waals surface area contributed by atoms with Crippen LogP contribution in [0.2, 0.25) is 0 Å². The number of aromatic nitrogens is 2. The van der Waals surface area contributed by atoms with E-state index < -0.39 is 0 Å². The van der Waals surface area contributed by atoms with E-state index in [-0.39, 0.29) is 24.0 Å². The van der Waals surface area contributed by atoms with Gasteiger partial charge in [0.25, 0.3) is 0 Å². The fourth-order valence-corrected chi connectivity index (χ4v) is 2.73. The molecular weight excluding hydrogens is 413 g/mol. The maximum absolute atomic E-state index is 4.30. The number of benzene rings is 1. The van der Waals surface area contributed by atoms with Crippen LogP contribution in [0.1, 0.15) is 24.0 Å². The predicted octanol–water partition coefficient (Wildman–Crippen LogP) is 2.93. The van der Waals surface area contributed by atoms with Gasteiger partial charge in [0, 0.05) is 32.0 Å². The van der Waals surface area contributed by atoms with Crippen LogP contribution < -0.4 is 10.6 Å². The Balaban J connectivity index is 0.00000208. The van der Waals surface area contributed by atoms with Gasteiger partial charge in [0.2, 0.25) is 0 Å². The summed E-state index contributed by atoms with van der Waals surface area (Å²) in [5, 5.41) is 11.1. The van der Waals surface area contributed by atoms with Crippen LogP contribution in [-0.4, -0.2) is 28.8 Å². The van der Waals surface area contributed by atoms with Crippen molar-refractivity contribution in [2.24, 2.45) is 4.99 Å². The Hall–Kier alpha value is -1.83. The molecule has 1 heterocycles. The molecule has 1 aliphatic rings. The van der Waals surface area contributed by atoms with Crippen molar-refractivity contribution in [1.29, 1.82) is 0 Å². The van der Waals surface area contributed by atoms with Crippen LogP contribution in [0.4, 0.5) is 0 Å². The summed E-state index contributed by atoms with van der Waals surface area (Å²) in [5.41, 5.74) is 2.48. The van der Waals surface area contributed by atoms with Gasteiger partial charge < -0.3 is 10.6 Å². The standard InChI is InChI=1S/C18H23N5.HI/c1-19-18(22-17-8-2-3-9-17)20-13-15-6-4-7-16(12-15)14-23-11-5-10-21-23;/h2-7,10-12,17H,8-9,13-14H2,1H3,(H2,19,20,22);1H. The van der Waals surface area contributed by atoms with Gasteiger partial charge in [-0.1, -0.05) is 36.4 Å². The average Bonchev–Trinajstić information content (AvgIpc) is 3.25. The number of nitrogens with one attached hydrogen (secondary N) is 2. The average molecular weight is 437 g/mol. The molecule has 1 aromatic carbocycles. The zero-order valence-electron chi connectivity index (χ0n) is 13.9. The summed E-state index contributed by atoms with van der Waals surface area (Å²) in [4.78, 5) is 4.30. The Morgan fingerprint density at radius 3 is 2.75 bits per heavy atom. The molecule has 0 bridgehead atoms. The van der Waals surface area contributed by atoms with Gasteiger partial charge in [-0.2, -0.15) is 5.10 Å². The van der Waals surface area contributed by atoms with Crippen LogP contribution in [0.5, 0.6) is 0 Å². The molecule has 5 nitrogen and oxygen atoms in total. The molecule has 128 valence electrons. The van der Waals surface area contributed by atoms with Gasteiger partial charge in [0.15, 0.2) is 5.96 Å². The van der Waals surface area contributed by atoms with E-state index in [0.29, 0.717) is 6.04 Å². The molecule has 0 saturated carbocycles. The summed E-state index contributed by atoms with van der Waals surface area (Å²) in [6.07, 6.45) is 10.3. The van der Waals surface area contributed by atoms with E-state index in [0.717, 1.165) is 31.9 Å². The molecule has 0 spiro atoms. The molecule has 0 atom stereocenters. The summed E-state index contributed by atoms with van der Waals surface area (Å²) < 4.78 is 1.93. The highest BCUT2D eigenvalue weighted by Gasteiger charge is 2.11. The molecule has 2 aromatic rings. The first-order valence-corrected chi connectivity index (χ1v) is 8.01. The molecule has 1 aliphatic carbocycles. The predicted molar refractivity (Wildman–Crippen MR) is 109 cm³/mol. The smallest absolute Gasteiger partial charge is 0.191 e. The maximum atomic E-state index is 4.30. The summed E-state index contributed by atoms with van der Waals surface area (Å²) in [6.45, 7) is 1.55. The number of halogens is 1. The summed E-state index contributed by atoms with van der Waals surface area (Å²) >= 11 is 0. The van der Waals surface area contributed by atoms with Crippen molar-refractivity contribution in [2.75, 3.05) is 7.05 Å². The molecule has 0 fully saturated rings. The molecule has 24 heavy (non-hydrogen) atoms. The normalized spacial score (nSPS) is 14.5. The third kappa shape index (κ3) is 5.36. The highest BCUT2D eigenvalue weighted by Crippen LogP contribution is 2.09. The molecule has 1 aromatic heterocycles. The Bertz CT molecular complexity index is 670. The largest absolute Gasteiger partial charge is 0.353 e. The van der Waals surface area contributed by atoms with Crippen LogP contribution in [0.15, 0.2) is 59.9 Å². The fourth-order valence-electron chi connectivity index (χ4n) is 2.73. The first-order chi connectivity index (χ1) is 11.3. The number of hydrogen-bond acceptors (Lipinski definition) is 2. The van der Waals surface area contributed by atoms with E-state index in [9.17, 15) is 0 Å². The van der Waals surface area contributed by atoms with Gasteiger partial charge in [-0.25, -0.2) is 0 Å². The second-order valence-electron chi connectivity index (χ2n) is 5.73. The molecule has 0 unspecified atom stereocenters. The van der Waals surface area contributed by atoms with Gasteiger partial charge in [-0.15, -0.1) is 24.0 Å². The third-order valence-electron chi connectivity index (χ3n) is 3.93. The van der Waals surface area contributed by atoms with E-state index in [1.165, 1.54) is 11.1 Å². The zero-order chi connectivity index (χ0) is 15.9. The Morgan fingerprint density at radius 1 is 1.25 bits per heavy atom. The minimum absolute atomic E-state index is 0. The highest BCUT2D eigenvalue weighted by atomic mass is 127. The van der Waals surface area contributed by atoms with Crippen molar-refractivity contribution in [1.82, 2.24) is 20.4 Å². The fraction of sp³-hybridized carbons (Fsp3) is 0.333. The van der Waals surface area contributed by atoms with Crippen LogP contribution in [0.25, 0.3) is 0 Å². The number of aliphatic imine (C=N–C) groups is 1. The second kappa shape index (κ2) is 9.46. The van der Waals surface area contributed by atoms with Crippen molar-refractivity contribution in [3.8, 4) is 0 Å². The van der Waals surface area contributed by atoms with Crippen molar-refractivity contribution in [2.45, 2.75) is 32.0 Å². The summed E-state index contributed by atoms with van der Waals surface area (Å²) in [7, 11) is 1.81. The van der Waals surface area contributed by atoms with Gasteiger partial charge in [-0.3, -0.25) is 9.67 Å². The zero-order valence-corrected chi connectivity index (χ0v) is 16.2. The lowest BCUT2D eigenvalue weighted by molar-refractivity contribution is 0.632. The highest BCUT2D eigenvalue weighted by molar-refractivity contribution is 14.0. The van der Waals surface area contributed by atoms with Gasteiger partial charge in [-0.05, 0) is 30.0 Å². The minimum Gasteiger partial charge on any atom is -0.353 e. The van der Waals surface area contributed by atoms with E-state index in [4.69, 9.17) is 0 Å². The lowest BCUT2D eigenvalue weighted by Gasteiger charge is -2.17. The van der Waals surface area contributed by atoms with E-state index in [1.54, 1.807) is 6.20 Å². The van der Waals surface area contributed by atoms with E-state index in [1.807, 2.05) is 24.0 Å². The SMILES string of the molecule is CN=C(NCc1cccc(Cn2cccn2)c1)NC1CC=CC1.I. The van der Waals surface area contributed by atoms with Crippen molar-refractivity contribution in [3.63, 3.8) is 0 Å². The molecule has 0 saturated heterocycles. The van der Waals surface area contributed by atoms with Crippen molar-refractivity contribution < 1.29 is 0 Å². The van der Waals surface area contributed by atoms with Crippen LogP contribution in [0.3, 0.4) is 0 Å². The molecule has 3 rings (SSSR count). The molecule has 0 aliphatic heterocycles. The van der Waals surface area contributed by atoms with Crippen LogP contribution >= 0.6 is 24.0 Å². The molecule has 0 amide bonds. The summed E-state index contributed by atoms with van der Waals surface area (Å²) in [6, 6.07) is 11.0. The molecule has 2 N–H and O–H groups in total. The third-order valence-corrected chi connectivity index (χ3v) is 3.93. The molecule has 6 heteroatoms. The Morgan fingerprint density at radius 2 is 2.04 bits per heavy atom. The Labute approximate surface area is 160 Å². The van der Waals surface area contributed by atoms with Gasteiger partial charge in [0.05, 0.1) is 6.54 Å². The van der Waals surface area contributed by atoms with Crippen LogP contribution in [-0.2, 0) is 13.1 Å². The minimum atomic E-state index is 0. The number of guanidine groups is 1. The van der Waals surface area contributed by atoms with Crippen molar-refractivity contribution in [3.05, 3.63) is 66.0 Å². The number of rotatable bonds is 5. The number of nitrogens with zero attached hydrogens (tertiary/aromatic N) is 3.